The van der Waals surface area contributed by atoms with Crippen LogP contribution in [0.5, 0.6) is 0 Å². The molecule has 1 heterocycles. The van der Waals surface area contributed by atoms with Gasteiger partial charge in [0.2, 0.25) is 5.91 Å². The minimum Gasteiger partial charge on any atom is -0.339 e. The Hall–Kier alpha value is -0.830. The van der Waals surface area contributed by atoms with Crippen molar-refractivity contribution in [3.63, 3.8) is 0 Å². The maximum atomic E-state index is 12.4. The molecule has 1 unspecified atom stereocenters. The Morgan fingerprint density at radius 2 is 2.22 bits per heavy atom. The number of rotatable bonds is 4. The zero-order chi connectivity index (χ0) is 12.8. The molecule has 0 saturated carbocycles. The third-order valence-corrected chi connectivity index (χ3v) is 4.21. The van der Waals surface area contributed by atoms with Crippen molar-refractivity contribution in [2.24, 2.45) is 5.73 Å². The number of nitrogens with two attached hydrogens (primary N) is 1. The van der Waals surface area contributed by atoms with Crippen molar-refractivity contribution in [3.05, 3.63) is 11.6 Å². The largest absolute Gasteiger partial charge is 0.339 e. The first kappa shape index (κ1) is 13.6. The van der Waals surface area contributed by atoms with Crippen LogP contribution >= 0.6 is 0 Å². The smallest absolute Gasteiger partial charge is 0.226 e. The van der Waals surface area contributed by atoms with E-state index in [1.54, 1.807) is 0 Å². The Labute approximate surface area is 110 Å². The van der Waals surface area contributed by atoms with Crippen LogP contribution in [-0.4, -0.2) is 29.9 Å². The lowest BCUT2D eigenvalue weighted by molar-refractivity contribution is -0.134. The van der Waals surface area contributed by atoms with E-state index in [0.29, 0.717) is 24.9 Å². The lowest BCUT2D eigenvalue weighted by atomic mass is 9.94. The van der Waals surface area contributed by atoms with Gasteiger partial charge in [0.15, 0.2) is 0 Å². The second-order valence-electron chi connectivity index (χ2n) is 5.60. The second-order valence-corrected chi connectivity index (χ2v) is 5.60. The molecule has 0 aromatic heterocycles. The average Bonchev–Trinajstić information content (AvgIpc) is 2.41. The Bertz CT molecular complexity index is 310. The Morgan fingerprint density at radius 1 is 1.33 bits per heavy atom. The van der Waals surface area contributed by atoms with E-state index in [1.807, 2.05) is 0 Å². The van der Waals surface area contributed by atoms with Crippen LogP contribution < -0.4 is 5.73 Å². The fraction of sp³-hybridized carbons (Fsp3) is 0.800. The molecule has 3 heteroatoms. The molecule has 0 spiro atoms. The van der Waals surface area contributed by atoms with Crippen LogP contribution in [0.1, 0.15) is 57.8 Å². The molecule has 1 aliphatic heterocycles. The summed E-state index contributed by atoms with van der Waals surface area (Å²) in [6.07, 6.45) is 12.3. The molecule has 2 N–H and O–H groups in total. The summed E-state index contributed by atoms with van der Waals surface area (Å²) in [6, 6.07) is 0.403. The van der Waals surface area contributed by atoms with E-state index >= 15 is 0 Å². The zero-order valence-electron chi connectivity index (χ0n) is 11.4. The summed E-state index contributed by atoms with van der Waals surface area (Å²) in [6.45, 7) is 1.63. The van der Waals surface area contributed by atoms with Crippen molar-refractivity contribution in [1.29, 1.82) is 0 Å². The zero-order valence-corrected chi connectivity index (χ0v) is 11.4. The summed E-state index contributed by atoms with van der Waals surface area (Å²) in [5.74, 6) is 0.335. The topological polar surface area (TPSA) is 46.3 Å². The highest BCUT2D eigenvalue weighted by Gasteiger charge is 2.26. The fourth-order valence-electron chi connectivity index (χ4n) is 3.18. The van der Waals surface area contributed by atoms with Crippen LogP contribution in [0.4, 0.5) is 0 Å². The van der Waals surface area contributed by atoms with Crippen molar-refractivity contribution >= 4 is 5.91 Å². The van der Waals surface area contributed by atoms with Crippen molar-refractivity contribution in [2.75, 3.05) is 13.1 Å². The number of carbonyl (C=O) groups excluding carboxylic acids is 1. The number of amides is 1. The molecular formula is C15H26N2O. The number of hydrogen-bond acceptors (Lipinski definition) is 2. The monoisotopic (exact) mass is 250 g/mol. The quantitative estimate of drug-likeness (QED) is 0.780. The van der Waals surface area contributed by atoms with E-state index in [1.165, 1.54) is 24.8 Å². The van der Waals surface area contributed by atoms with E-state index in [0.717, 1.165) is 38.6 Å². The number of piperidine rings is 1. The summed E-state index contributed by atoms with van der Waals surface area (Å²) in [4.78, 5) is 14.5. The van der Waals surface area contributed by atoms with Gasteiger partial charge in [-0.05, 0) is 57.9 Å². The first-order valence-electron chi connectivity index (χ1n) is 7.48. The van der Waals surface area contributed by atoms with Crippen LogP contribution in [0.3, 0.4) is 0 Å². The predicted octanol–water partition coefficient (Wildman–Crippen LogP) is 2.61. The van der Waals surface area contributed by atoms with Gasteiger partial charge in [0.1, 0.15) is 0 Å². The van der Waals surface area contributed by atoms with Gasteiger partial charge in [0.05, 0.1) is 0 Å². The molecule has 1 fully saturated rings. The highest BCUT2D eigenvalue weighted by atomic mass is 16.2. The van der Waals surface area contributed by atoms with Crippen LogP contribution in [0.15, 0.2) is 11.6 Å². The van der Waals surface area contributed by atoms with Crippen LogP contribution in [0.25, 0.3) is 0 Å². The number of hydrogen-bond donors (Lipinski definition) is 1. The molecule has 1 atom stereocenters. The normalized spacial score (nSPS) is 24.8. The minimum atomic E-state index is 0.335. The highest BCUT2D eigenvalue weighted by Crippen LogP contribution is 2.24. The van der Waals surface area contributed by atoms with Gasteiger partial charge in [-0.1, -0.05) is 11.6 Å². The minimum absolute atomic E-state index is 0.335. The fourth-order valence-corrected chi connectivity index (χ4v) is 3.18. The van der Waals surface area contributed by atoms with E-state index in [2.05, 4.69) is 11.0 Å². The van der Waals surface area contributed by atoms with Gasteiger partial charge < -0.3 is 10.6 Å². The Morgan fingerprint density at radius 3 is 2.94 bits per heavy atom. The predicted molar refractivity (Wildman–Crippen MR) is 74.2 cm³/mol. The van der Waals surface area contributed by atoms with Gasteiger partial charge in [-0.2, -0.15) is 0 Å². The van der Waals surface area contributed by atoms with Gasteiger partial charge in [0, 0.05) is 19.0 Å². The third-order valence-electron chi connectivity index (χ3n) is 4.21. The number of carbonyl (C=O) groups is 1. The van der Waals surface area contributed by atoms with Gasteiger partial charge in [-0.25, -0.2) is 0 Å². The first-order valence-corrected chi connectivity index (χ1v) is 7.48. The number of nitrogens with zero attached hydrogens (tertiary/aromatic N) is 1. The molecule has 0 bridgehead atoms. The van der Waals surface area contributed by atoms with Crippen LogP contribution in [0.2, 0.25) is 0 Å². The molecule has 0 radical (unpaired) electrons. The average molecular weight is 250 g/mol. The van der Waals surface area contributed by atoms with E-state index in [-0.39, 0.29) is 0 Å². The van der Waals surface area contributed by atoms with Gasteiger partial charge in [-0.3, -0.25) is 4.79 Å². The van der Waals surface area contributed by atoms with Gasteiger partial charge in [0.25, 0.3) is 0 Å². The standard InChI is InChI=1S/C15H26N2O/c16-10-9-14-8-4-5-11-17(14)15(18)12-13-6-2-1-3-7-13/h6,14H,1-5,7-12,16H2. The molecule has 18 heavy (non-hydrogen) atoms. The van der Waals surface area contributed by atoms with Gasteiger partial charge in [-0.15, -0.1) is 0 Å². The summed E-state index contributed by atoms with van der Waals surface area (Å²) in [7, 11) is 0. The van der Waals surface area contributed by atoms with Crippen molar-refractivity contribution in [1.82, 2.24) is 4.90 Å². The van der Waals surface area contributed by atoms with Crippen molar-refractivity contribution < 1.29 is 4.79 Å². The molecule has 1 saturated heterocycles. The van der Waals surface area contributed by atoms with E-state index in [9.17, 15) is 4.79 Å². The maximum Gasteiger partial charge on any atom is 0.226 e. The molecule has 102 valence electrons. The summed E-state index contributed by atoms with van der Waals surface area (Å²) in [5, 5.41) is 0. The highest BCUT2D eigenvalue weighted by molar-refractivity contribution is 5.79. The Kier molecular flexibility index (Phi) is 5.24. The SMILES string of the molecule is NCCC1CCCCN1C(=O)CC1=CCCCC1. The summed E-state index contributed by atoms with van der Waals surface area (Å²) < 4.78 is 0. The lowest BCUT2D eigenvalue weighted by Crippen LogP contribution is -2.44. The molecule has 3 nitrogen and oxygen atoms in total. The molecule has 2 rings (SSSR count). The third kappa shape index (κ3) is 3.58. The van der Waals surface area contributed by atoms with Crippen LogP contribution in [0, 0.1) is 0 Å². The molecule has 1 amide bonds. The lowest BCUT2D eigenvalue weighted by Gasteiger charge is -2.36. The maximum absolute atomic E-state index is 12.4. The Balaban J connectivity index is 1.91. The van der Waals surface area contributed by atoms with E-state index < -0.39 is 0 Å². The van der Waals surface area contributed by atoms with E-state index in [4.69, 9.17) is 5.73 Å². The molecular weight excluding hydrogens is 224 g/mol. The number of likely N-dealkylation sites (tertiary alicyclic amines) is 1. The molecule has 1 aliphatic carbocycles. The van der Waals surface area contributed by atoms with Crippen LogP contribution in [-0.2, 0) is 4.79 Å². The number of allylic oxidation sites excluding steroid dienone is 1. The molecule has 0 aromatic rings. The summed E-state index contributed by atoms with van der Waals surface area (Å²) in [5.41, 5.74) is 7.02. The van der Waals surface area contributed by atoms with Crippen molar-refractivity contribution in [3.8, 4) is 0 Å². The van der Waals surface area contributed by atoms with Crippen molar-refractivity contribution in [2.45, 2.75) is 63.8 Å². The van der Waals surface area contributed by atoms with Gasteiger partial charge >= 0.3 is 0 Å². The molecule has 2 aliphatic rings. The first-order chi connectivity index (χ1) is 8.81. The summed E-state index contributed by atoms with van der Waals surface area (Å²) >= 11 is 0. The second kappa shape index (κ2) is 6.93. The molecule has 0 aromatic carbocycles.